The van der Waals surface area contributed by atoms with Gasteiger partial charge < -0.3 is 0 Å². The van der Waals surface area contributed by atoms with Crippen LogP contribution in [-0.2, 0) is 21.2 Å². The molecule has 0 aliphatic carbocycles. The van der Waals surface area contributed by atoms with E-state index in [0.717, 1.165) is 29.7 Å². The minimum atomic E-state index is -4.40. The van der Waals surface area contributed by atoms with Crippen LogP contribution in [0.5, 0.6) is 0 Å². The third kappa shape index (κ3) is 4.66. The molecule has 3 aromatic carbocycles. The first-order valence-electron chi connectivity index (χ1n) is 11.6. The number of hydrogen-bond donors (Lipinski definition) is 0. The fourth-order valence-corrected chi connectivity index (χ4v) is 5.72. The molecule has 1 aliphatic rings. The first-order chi connectivity index (χ1) is 17.2. The van der Waals surface area contributed by atoms with E-state index in [4.69, 9.17) is 11.6 Å². The highest BCUT2D eigenvalue weighted by Gasteiger charge is 2.44. The van der Waals surface area contributed by atoms with Crippen molar-refractivity contribution in [3.8, 4) is 0 Å². The minimum Gasteiger partial charge on any atom is -0.271 e. The fraction of sp³-hybridized carbons (Fsp3) is 0.222. The lowest BCUT2D eigenvalue weighted by Crippen LogP contribution is -2.51. The number of anilines is 1. The Morgan fingerprint density at radius 3 is 2.00 bits per heavy atom. The second-order valence-corrected chi connectivity index (χ2v) is 10.8. The number of hydrogen-bond acceptors (Lipinski definition) is 5. The Kier molecular flexibility index (Phi) is 7.28. The van der Waals surface area contributed by atoms with E-state index in [1.165, 1.54) is 43.3 Å². The Labute approximate surface area is 215 Å². The van der Waals surface area contributed by atoms with Crippen LogP contribution in [0.2, 0.25) is 5.02 Å². The molecule has 9 heteroatoms. The lowest BCUT2D eigenvalue weighted by atomic mass is 10.1. The summed E-state index contributed by atoms with van der Waals surface area (Å²) in [4.78, 5) is 40.4. The van der Waals surface area contributed by atoms with Crippen molar-refractivity contribution < 1.29 is 22.8 Å². The number of amides is 3. The number of unbranched alkanes of at least 4 members (excludes halogenated alkanes) is 1. The molecule has 1 atom stereocenters. The highest BCUT2D eigenvalue weighted by Crippen LogP contribution is 2.30. The van der Waals surface area contributed by atoms with Gasteiger partial charge in [0, 0.05) is 5.02 Å². The number of carbonyl (C=O) groups excluding carboxylic acids is 3. The van der Waals surface area contributed by atoms with Crippen LogP contribution in [0.1, 0.15) is 53.0 Å². The van der Waals surface area contributed by atoms with Gasteiger partial charge in [-0.05, 0) is 73.9 Å². The summed E-state index contributed by atoms with van der Waals surface area (Å²) in [6.07, 6.45) is 2.80. The van der Waals surface area contributed by atoms with Crippen molar-refractivity contribution in [2.24, 2.45) is 0 Å². The van der Waals surface area contributed by atoms with Crippen molar-refractivity contribution >= 4 is 45.0 Å². The molecule has 0 aromatic heterocycles. The molecule has 1 aliphatic heterocycles. The van der Waals surface area contributed by atoms with E-state index in [1.54, 1.807) is 36.4 Å². The van der Waals surface area contributed by atoms with Crippen molar-refractivity contribution in [3.05, 3.63) is 94.5 Å². The van der Waals surface area contributed by atoms with Crippen LogP contribution in [0.15, 0.2) is 77.7 Å². The van der Waals surface area contributed by atoms with Gasteiger partial charge in [-0.25, -0.2) is 12.7 Å². The number of fused-ring (bicyclic) bond motifs is 1. The Morgan fingerprint density at radius 1 is 0.917 bits per heavy atom. The highest BCUT2D eigenvalue weighted by molar-refractivity contribution is 7.93. The monoisotopic (exact) mass is 524 g/mol. The van der Waals surface area contributed by atoms with Gasteiger partial charge in [-0.2, -0.15) is 0 Å². The molecule has 36 heavy (non-hydrogen) atoms. The maximum Gasteiger partial charge on any atom is 0.270 e. The van der Waals surface area contributed by atoms with Gasteiger partial charge in [0.2, 0.25) is 0 Å². The third-order valence-corrected chi connectivity index (χ3v) is 8.10. The summed E-state index contributed by atoms with van der Waals surface area (Å²) in [5, 5.41) is 0.339. The van der Waals surface area contributed by atoms with E-state index in [-0.39, 0.29) is 21.7 Å². The standard InChI is InChI=1S/C27H25ClN2O5S/c1-3-4-7-19-10-14-21(15-11-19)30(36(34,35)22-16-12-20(28)13-17-22)25(31)18(2)29-26(32)23-8-5-6-9-24(23)27(29)33/h5-6,8-18H,3-4,7H2,1-2H3/t18-/m0/s1. The molecule has 0 unspecified atom stereocenters. The number of nitrogens with zero attached hydrogens (tertiary/aromatic N) is 2. The zero-order chi connectivity index (χ0) is 26.0. The summed E-state index contributed by atoms with van der Waals surface area (Å²) < 4.78 is 28.1. The van der Waals surface area contributed by atoms with Gasteiger partial charge in [0.15, 0.2) is 0 Å². The van der Waals surface area contributed by atoms with E-state index >= 15 is 0 Å². The molecule has 186 valence electrons. The summed E-state index contributed by atoms with van der Waals surface area (Å²) in [7, 11) is -4.40. The van der Waals surface area contributed by atoms with Crippen LogP contribution in [0.4, 0.5) is 5.69 Å². The van der Waals surface area contributed by atoms with Crippen molar-refractivity contribution in [1.82, 2.24) is 4.90 Å². The van der Waals surface area contributed by atoms with Gasteiger partial charge in [0.25, 0.3) is 27.7 Å². The fourth-order valence-electron chi connectivity index (χ4n) is 4.12. The highest BCUT2D eigenvalue weighted by atomic mass is 35.5. The van der Waals surface area contributed by atoms with Gasteiger partial charge in [-0.3, -0.25) is 19.3 Å². The molecule has 0 bridgehead atoms. The maximum absolute atomic E-state index is 13.8. The topological polar surface area (TPSA) is 91.8 Å². The largest absolute Gasteiger partial charge is 0.271 e. The lowest BCUT2D eigenvalue weighted by Gasteiger charge is -2.29. The Bertz CT molecular complexity index is 1380. The summed E-state index contributed by atoms with van der Waals surface area (Å²) in [5.41, 5.74) is 1.47. The number of rotatable bonds is 8. The SMILES string of the molecule is CCCCc1ccc(N(C(=O)[C@H](C)N2C(=O)c3ccccc3C2=O)S(=O)(=O)c2ccc(Cl)cc2)cc1. The Morgan fingerprint density at radius 2 is 1.47 bits per heavy atom. The zero-order valence-electron chi connectivity index (χ0n) is 19.8. The summed E-state index contributed by atoms with van der Waals surface area (Å²) in [6.45, 7) is 3.43. The van der Waals surface area contributed by atoms with Gasteiger partial charge in [0.05, 0.1) is 21.7 Å². The molecule has 1 heterocycles. The van der Waals surface area contributed by atoms with Crippen LogP contribution in [0.25, 0.3) is 0 Å². The molecule has 7 nitrogen and oxygen atoms in total. The quantitative estimate of drug-likeness (QED) is 0.383. The zero-order valence-corrected chi connectivity index (χ0v) is 21.4. The van der Waals surface area contributed by atoms with E-state index in [0.29, 0.717) is 9.33 Å². The molecule has 0 saturated heterocycles. The number of benzene rings is 3. The number of sulfonamides is 1. The van der Waals surface area contributed by atoms with E-state index in [9.17, 15) is 22.8 Å². The molecular formula is C27H25ClN2O5S. The molecule has 3 amide bonds. The first-order valence-corrected chi connectivity index (χ1v) is 13.4. The van der Waals surface area contributed by atoms with Crippen LogP contribution < -0.4 is 4.31 Å². The van der Waals surface area contributed by atoms with Gasteiger partial charge in [0.1, 0.15) is 6.04 Å². The first kappa shape index (κ1) is 25.6. The Hall–Kier alpha value is -3.49. The summed E-state index contributed by atoms with van der Waals surface area (Å²) >= 11 is 5.94. The second-order valence-electron chi connectivity index (χ2n) is 8.53. The van der Waals surface area contributed by atoms with E-state index < -0.39 is 33.8 Å². The third-order valence-electron chi connectivity index (χ3n) is 6.11. The molecule has 0 fully saturated rings. The van der Waals surface area contributed by atoms with Crippen molar-refractivity contribution in [2.45, 2.75) is 44.0 Å². The average molecular weight is 525 g/mol. The maximum atomic E-state index is 13.8. The summed E-state index contributed by atoms with van der Waals surface area (Å²) in [5.74, 6) is -2.22. The number of imide groups is 1. The van der Waals surface area contributed by atoms with Gasteiger partial charge in [-0.1, -0.05) is 49.2 Å². The molecule has 3 aromatic rings. The van der Waals surface area contributed by atoms with Crippen LogP contribution in [-0.4, -0.2) is 37.1 Å². The van der Waals surface area contributed by atoms with Crippen molar-refractivity contribution in [1.29, 1.82) is 0 Å². The van der Waals surface area contributed by atoms with Crippen LogP contribution in [0.3, 0.4) is 0 Å². The molecule has 0 spiro atoms. The molecular weight excluding hydrogens is 500 g/mol. The molecule has 0 radical (unpaired) electrons. The second kappa shape index (κ2) is 10.2. The number of aryl methyl sites for hydroxylation is 1. The van der Waals surface area contributed by atoms with Crippen LogP contribution >= 0.6 is 11.6 Å². The molecule has 4 rings (SSSR count). The molecule has 0 saturated carbocycles. The summed E-state index contributed by atoms with van der Waals surface area (Å²) in [6, 6.07) is 17.0. The average Bonchev–Trinajstić information content (AvgIpc) is 3.13. The normalized spacial score (nSPS) is 14.0. The van der Waals surface area contributed by atoms with Gasteiger partial charge >= 0.3 is 0 Å². The molecule has 0 N–H and O–H groups in total. The van der Waals surface area contributed by atoms with E-state index in [2.05, 4.69) is 6.92 Å². The predicted molar refractivity (Wildman–Crippen MR) is 138 cm³/mol. The van der Waals surface area contributed by atoms with Crippen LogP contribution in [0, 0.1) is 0 Å². The Balaban J connectivity index is 1.75. The lowest BCUT2D eigenvalue weighted by molar-refractivity contribution is -0.120. The van der Waals surface area contributed by atoms with Gasteiger partial charge in [-0.15, -0.1) is 0 Å². The van der Waals surface area contributed by atoms with Crippen molar-refractivity contribution in [2.75, 3.05) is 4.31 Å². The number of carbonyl (C=O) groups is 3. The minimum absolute atomic E-state index is 0.110. The number of halogens is 1. The van der Waals surface area contributed by atoms with Crippen molar-refractivity contribution in [3.63, 3.8) is 0 Å². The smallest absolute Gasteiger partial charge is 0.270 e. The predicted octanol–water partition coefficient (Wildman–Crippen LogP) is 5.09. The van der Waals surface area contributed by atoms with E-state index in [1.807, 2.05) is 0 Å².